The molecule has 1 aromatic heterocycles. The molecule has 2 aromatic rings. The summed E-state index contributed by atoms with van der Waals surface area (Å²) in [6.45, 7) is 0. The normalized spacial score (nSPS) is 11.3. The summed E-state index contributed by atoms with van der Waals surface area (Å²) in [5, 5.41) is 6.49. The Morgan fingerprint density at radius 3 is 2.21 bits per heavy atom. The highest BCUT2D eigenvalue weighted by Gasteiger charge is 2.32. The van der Waals surface area contributed by atoms with Crippen molar-refractivity contribution in [3.8, 4) is 0 Å². The van der Waals surface area contributed by atoms with Crippen molar-refractivity contribution in [2.24, 2.45) is 0 Å². The Bertz CT molecular complexity index is 565. The first-order valence-electron chi connectivity index (χ1n) is 5.45. The summed E-state index contributed by atoms with van der Waals surface area (Å²) in [6, 6.07) is 10.5. The summed E-state index contributed by atoms with van der Waals surface area (Å²) in [5.41, 5.74) is -0.366. The van der Waals surface area contributed by atoms with Gasteiger partial charge in [-0.3, -0.25) is 4.79 Å². The van der Waals surface area contributed by atoms with E-state index in [2.05, 4.69) is 10.2 Å². The first-order valence-corrected chi connectivity index (χ1v) is 5.45. The van der Waals surface area contributed by atoms with Crippen molar-refractivity contribution in [2.45, 2.75) is 12.6 Å². The summed E-state index contributed by atoms with van der Waals surface area (Å²) in [6.07, 6.45) is -4.59. The number of benzene rings is 1. The lowest BCUT2D eigenvalue weighted by atomic mass is 10.1. The lowest BCUT2D eigenvalue weighted by Gasteiger charge is -2.05. The van der Waals surface area contributed by atoms with Crippen LogP contribution in [-0.4, -0.2) is 16.0 Å². The highest BCUT2D eigenvalue weighted by atomic mass is 19.4. The van der Waals surface area contributed by atoms with Crippen molar-refractivity contribution < 1.29 is 18.0 Å². The molecule has 0 spiro atoms. The average Bonchev–Trinajstić information content (AvgIpc) is 2.39. The van der Waals surface area contributed by atoms with Gasteiger partial charge in [0.05, 0.1) is 12.1 Å². The summed E-state index contributed by atoms with van der Waals surface area (Å²) >= 11 is 0. The largest absolute Gasteiger partial charge is 0.435 e. The van der Waals surface area contributed by atoms with E-state index >= 15 is 0 Å². The predicted molar refractivity (Wildman–Crippen MR) is 61.5 cm³/mol. The van der Waals surface area contributed by atoms with Crippen LogP contribution in [0.1, 0.15) is 21.7 Å². The maximum Gasteiger partial charge on any atom is 0.435 e. The molecular formula is C13H9F3N2O. The number of aromatic nitrogens is 2. The molecule has 0 N–H and O–H groups in total. The minimum Gasteiger partial charge on any atom is -0.294 e. The molecule has 0 aliphatic carbocycles. The Morgan fingerprint density at radius 1 is 1.00 bits per heavy atom. The van der Waals surface area contributed by atoms with Crippen LogP contribution >= 0.6 is 0 Å². The zero-order valence-corrected chi connectivity index (χ0v) is 9.69. The lowest BCUT2D eigenvalue weighted by Crippen LogP contribution is -2.11. The number of hydrogen-bond acceptors (Lipinski definition) is 3. The molecule has 0 bridgehead atoms. The second-order valence-corrected chi connectivity index (χ2v) is 3.87. The molecule has 1 aromatic carbocycles. The number of Topliss-reactive ketones (excluding diaryl/α,β-unsaturated/α-hetero) is 1. The molecule has 19 heavy (non-hydrogen) atoms. The van der Waals surface area contributed by atoms with Gasteiger partial charge in [-0.2, -0.15) is 18.3 Å². The first kappa shape index (κ1) is 13.2. The third-order valence-electron chi connectivity index (χ3n) is 2.45. The van der Waals surface area contributed by atoms with Crippen molar-refractivity contribution in [2.75, 3.05) is 0 Å². The fourth-order valence-electron chi connectivity index (χ4n) is 1.50. The number of halogens is 3. The number of hydrogen-bond donors (Lipinski definition) is 0. The van der Waals surface area contributed by atoms with Crippen molar-refractivity contribution >= 4 is 5.78 Å². The molecule has 0 unspecified atom stereocenters. The van der Waals surface area contributed by atoms with Crippen molar-refractivity contribution in [1.29, 1.82) is 0 Å². The molecule has 0 saturated heterocycles. The van der Waals surface area contributed by atoms with E-state index in [0.717, 1.165) is 12.1 Å². The van der Waals surface area contributed by atoms with Crippen molar-refractivity contribution in [3.63, 3.8) is 0 Å². The van der Waals surface area contributed by atoms with Crippen LogP contribution in [0.3, 0.4) is 0 Å². The lowest BCUT2D eigenvalue weighted by molar-refractivity contribution is -0.141. The maximum atomic E-state index is 12.3. The van der Waals surface area contributed by atoms with E-state index < -0.39 is 11.9 Å². The highest BCUT2D eigenvalue weighted by molar-refractivity contribution is 5.97. The molecule has 0 aliphatic rings. The van der Waals surface area contributed by atoms with Gasteiger partial charge in [0.2, 0.25) is 0 Å². The summed E-state index contributed by atoms with van der Waals surface area (Å²) < 4.78 is 36.8. The van der Waals surface area contributed by atoms with Crippen LogP contribution in [0.5, 0.6) is 0 Å². The van der Waals surface area contributed by atoms with E-state index in [-0.39, 0.29) is 17.9 Å². The van der Waals surface area contributed by atoms with Crippen LogP contribution in [0, 0.1) is 0 Å². The molecule has 0 radical (unpaired) electrons. The summed E-state index contributed by atoms with van der Waals surface area (Å²) in [4.78, 5) is 11.8. The van der Waals surface area contributed by atoms with Crippen LogP contribution < -0.4 is 0 Å². The smallest absolute Gasteiger partial charge is 0.294 e. The van der Waals surface area contributed by atoms with Gasteiger partial charge in [-0.1, -0.05) is 30.3 Å². The number of ketones is 1. The maximum absolute atomic E-state index is 12.3. The van der Waals surface area contributed by atoms with Gasteiger partial charge in [0.25, 0.3) is 0 Å². The molecule has 0 aliphatic heterocycles. The second-order valence-electron chi connectivity index (χ2n) is 3.87. The first-order chi connectivity index (χ1) is 8.97. The topological polar surface area (TPSA) is 42.9 Å². The van der Waals surface area contributed by atoms with Gasteiger partial charge in [0.15, 0.2) is 11.5 Å². The number of carbonyl (C=O) groups excluding carboxylic acids is 1. The van der Waals surface area contributed by atoms with Gasteiger partial charge in [0.1, 0.15) is 0 Å². The van der Waals surface area contributed by atoms with E-state index in [4.69, 9.17) is 0 Å². The van der Waals surface area contributed by atoms with E-state index in [9.17, 15) is 18.0 Å². The van der Waals surface area contributed by atoms with Crippen molar-refractivity contribution in [1.82, 2.24) is 10.2 Å². The van der Waals surface area contributed by atoms with Crippen LogP contribution in [0.15, 0.2) is 42.5 Å². The van der Waals surface area contributed by atoms with Crippen LogP contribution in [0.25, 0.3) is 0 Å². The Labute approximate surface area is 107 Å². The quantitative estimate of drug-likeness (QED) is 0.802. The zero-order chi connectivity index (χ0) is 13.9. The molecule has 6 heteroatoms. The molecular weight excluding hydrogens is 257 g/mol. The number of rotatable bonds is 3. The zero-order valence-electron chi connectivity index (χ0n) is 9.69. The van der Waals surface area contributed by atoms with Gasteiger partial charge in [-0.25, -0.2) is 0 Å². The molecule has 3 nitrogen and oxygen atoms in total. The number of nitrogens with zero attached hydrogens (tertiary/aromatic N) is 2. The second kappa shape index (κ2) is 5.17. The van der Waals surface area contributed by atoms with E-state index in [1.807, 2.05) is 0 Å². The SMILES string of the molecule is O=C(Cc1ccc(C(F)(F)F)nn1)c1ccccc1. The van der Waals surface area contributed by atoms with Crippen molar-refractivity contribution in [3.05, 3.63) is 59.4 Å². The minimum absolute atomic E-state index is 0.0743. The van der Waals surface area contributed by atoms with E-state index in [1.165, 1.54) is 0 Å². The fraction of sp³-hybridized carbons (Fsp3) is 0.154. The Morgan fingerprint density at radius 2 is 1.68 bits per heavy atom. The van der Waals surface area contributed by atoms with Gasteiger partial charge < -0.3 is 0 Å². The van der Waals surface area contributed by atoms with Crippen LogP contribution in [0.4, 0.5) is 13.2 Å². The molecule has 0 amide bonds. The Balaban J connectivity index is 2.10. The highest BCUT2D eigenvalue weighted by Crippen LogP contribution is 2.26. The predicted octanol–water partition coefficient (Wildman–Crippen LogP) is 2.92. The molecule has 0 saturated carbocycles. The van der Waals surface area contributed by atoms with Gasteiger partial charge >= 0.3 is 6.18 Å². The molecule has 1 heterocycles. The van der Waals surface area contributed by atoms with Gasteiger partial charge in [0, 0.05) is 5.56 Å². The van der Waals surface area contributed by atoms with E-state index in [1.54, 1.807) is 30.3 Å². The van der Waals surface area contributed by atoms with Crippen LogP contribution in [-0.2, 0) is 12.6 Å². The van der Waals surface area contributed by atoms with Crippen LogP contribution in [0.2, 0.25) is 0 Å². The number of carbonyl (C=O) groups is 1. The van der Waals surface area contributed by atoms with Gasteiger partial charge in [-0.15, -0.1) is 5.10 Å². The third kappa shape index (κ3) is 3.37. The standard InChI is InChI=1S/C13H9F3N2O/c14-13(15,16)12-7-6-10(17-18-12)8-11(19)9-4-2-1-3-5-9/h1-7H,8H2. The van der Waals surface area contributed by atoms with Gasteiger partial charge in [-0.05, 0) is 12.1 Å². The molecule has 0 atom stereocenters. The monoisotopic (exact) mass is 266 g/mol. The minimum atomic E-state index is -4.52. The molecule has 0 fully saturated rings. The summed E-state index contributed by atoms with van der Waals surface area (Å²) in [5.74, 6) is -0.213. The Kier molecular flexibility index (Phi) is 3.59. The van der Waals surface area contributed by atoms with E-state index in [0.29, 0.717) is 5.56 Å². The summed E-state index contributed by atoms with van der Waals surface area (Å²) in [7, 11) is 0. The molecule has 2 rings (SSSR count). The third-order valence-corrected chi connectivity index (χ3v) is 2.45. The molecule has 98 valence electrons. The Hall–Kier alpha value is -2.24. The average molecular weight is 266 g/mol. The number of alkyl halides is 3. The fourth-order valence-corrected chi connectivity index (χ4v) is 1.50.